The maximum atomic E-state index is 12.3. The lowest BCUT2D eigenvalue weighted by atomic mass is 9.83. The van der Waals surface area contributed by atoms with Crippen LogP contribution in [0.5, 0.6) is 0 Å². The Morgan fingerprint density at radius 3 is 2.48 bits per heavy atom. The van der Waals surface area contributed by atoms with Crippen LogP contribution in [0.2, 0.25) is 0 Å². The predicted octanol–water partition coefficient (Wildman–Crippen LogP) is 2.58. The molecule has 0 saturated heterocycles. The van der Waals surface area contributed by atoms with E-state index in [0.29, 0.717) is 18.3 Å². The highest BCUT2D eigenvalue weighted by atomic mass is 16.2. The second-order valence-corrected chi connectivity index (χ2v) is 7.16. The van der Waals surface area contributed by atoms with Gasteiger partial charge in [0.05, 0.1) is 6.07 Å². The third-order valence-electron chi connectivity index (χ3n) is 5.76. The molecular formula is C17H24N2O2. The van der Waals surface area contributed by atoms with Gasteiger partial charge < -0.3 is 5.32 Å². The van der Waals surface area contributed by atoms with E-state index in [2.05, 4.69) is 5.32 Å². The summed E-state index contributed by atoms with van der Waals surface area (Å²) in [5.41, 5.74) is 0. The van der Waals surface area contributed by atoms with Crippen molar-refractivity contribution >= 4 is 11.7 Å². The number of hydrogen-bond donors (Lipinski definition) is 1. The summed E-state index contributed by atoms with van der Waals surface area (Å²) in [6, 6.07) is 2.10. The number of Topliss-reactive ketones (excluding diaryl/α,β-unsaturated/α-hetero) is 1. The van der Waals surface area contributed by atoms with Crippen molar-refractivity contribution in [2.45, 2.75) is 63.8 Å². The number of nitrogens with one attached hydrogen (secondary N) is 1. The number of rotatable bonds is 5. The summed E-state index contributed by atoms with van der Waals surface area (Å²) >= 11 is 0. The van der Waals surface area contributed by atoms with E-state index in [-0.39, 0.29) is 17.7 Å². The van der Waals surface area contributed by atoms with Gasteiger partial charge >= 0.3 is 0 Å². The average molecular weight is 288 g/mol. The molecule has 1 N–H and O–H groups in total. The Kier molecular flexibility index (Phi) is 4.28. The number of ketones is 1. The fourth-order valence-corrected chi connectivity index (χ4v) is 4.63. The van der Waals surface area contributed by atoms with Crippen molar-refractivity contribution in [3.05, 3.63) is 0 Å². The highest BCUT2D eigenvalue weighted by Crippen LogP contribution is 2.49. The Balaban J connectivity index is 1.53. The van der Waals surface area contributed by atoms with Crippen LogP contribution in [0.4, 0.5) is 0 Å². The molecule has 0 radical (unpaired) electrons. The van der Waals surface area contributed by atoms with Gasteiger partial charge in [0.2, 0.25) is 5.91 Å². The summed E-state index contributed by atoms with van der Waals surface area (Å²) in [4.78, 5) is 24.5. The maximum absolute atomic E-state index is 12.3. The molecule has 4 nitrogen and oxygen atoms in total. The highest BCUT2D eigenvalue weighted by molar-refractivity contribution is 6.04. The molecule has 0 aliphatic heterocycles. The first kappa shape index (κ1) is 14.6. The number of nitriles is 1. The number of hydrogen-bond acceptors (Lipinski definition) is 3. The summed E-state index contributed by atoms with van der Waals surface area (Å²) in [6.45, 7) is 0. The Morgan fingerprint density at radius 2 is 1.90 bits per heavy atom. The zero-order chi connectivity index (χ0) is 14.8. The molecule has 0 aromatic carbocycles. The number of carbonyl (C=O) groups excluding carboxylic acids is 2. The van der Waals surface area contributed by atoms with Crippen LogP contribution in [0.1, 0.15) is 57.8 Å². The first-order valence-electron chi connectivity index (χ1n) is 8.40. The van der Waals surface area contributed by atoms with Crippen molar-refractivity contribution in [2.75, 3.05) is 0 Å². The van der Waals surface area contributed by atoms with Gasteiger partial charge in [-0.15, -0.1) is 0 Å². The van der Waals surface area contributed by atoms with Crippen LogP contribution in [0.3, 0.4) is 0 Å². The molecule has 1 amide bonds. The Hall–Kier alpha value is -1.37. The molecule has 3 aliphatic carbocycles. The van der Waals surface area contributed by atoms with Crippen LogP contribution >= 0.6 is 0 Å². The van der Waals surface area contributed by atoms with Gasteiger partial charge in [-0.05, 0) is 49.9 Å². The van der Waals surface area contributed by atoms with E-state index < -0.39 is 5.92 Å². The number of carbonyl (C=O) groups is 2. The largest absolute Gasteiger partial charge is 0.352 e. The van der Waals surface area contributed by atoms with E-state index in [1.54, 1.807) is 0 Å². The molecule has 0 unspecified atom stereocenters. The van der Waals surface area contributed by atoms with Crippen molar-refractivity contribution in [1.29, 1.82) is 5.26 Å². The monoisotopic (exact) mass is 288 g/mol. The average Bonchev–Trinajstić information content (AvgIpc) is 3.16. The van der Waals surface area contributed by atoms with Crippen LogP contribution in [0.25, 0.3) is 0 Å². The summed E-state index contributed by atoms with van der Waals surface area (Å²) < 4.78 is 0. The summed E-state index contributed by atoms with van der Waals surface area (Å²) in [5.74, 6) is 0.260. The SMILES string of the molecule is N#C[C@H](C(=O)C[C@@H]1C[C@H]2CC[C@H]1C2)C(=O)NC1CCCC1. The smallest absolute Gasteiger partial charge is 0.245 e. The molecule has 0 spiro atoms. The first-order chi connectivity index (χ1) is 10.2. The van der Waals surface area contributed by atoms with E-state index in [1.165, 1.54) is 19.3 Å². The maximum Gasteiger partial charge on any atom is 0.245 e. The van der Waals surface area contributed by atoms with Crippen LogP contribution in [0, 0.1) is 35.0 Å². The molecule has 2 bridgehead atoms. The summed E-state index contributed by atoms with van der Waals surface area (Å²) in [6.07, 6.45) is 9.55. The first-order valence-corrected chi connectivity index (χ1v) is 8.40. The van der Waals surface area contributed by atoms with Crippen LogP contribution in [-0.4, -0.2) is 17.7 Å². The van der Waals surface area contributed by atoms with Crippen molar-refractivity contribution in [1.82, 2.24) is 5.32 Å². The van der Waals surface area contributed by atoms with Gasteiger partial charge in [-0.25, -0.2) is 0 Å². The van der Waals surface area contributed by atoms with Gasteiger partial charge in [-0.2, -0.15) is 5.26 Å². The Morgan fingerprint density at radius 1 is 1.14 bits per heavy atom. The quantitative estimate of drug-likeness (QED) is 0.790. The standard InChI is InChI=1S/C17H24N2O2/c18-10-15(17(21)19-14-3-1-2-4-14)16(20)9-13-8-11-5-6-12(13)7-11/h11-15H,1-9H2,(H,19,21)/t11-,12-,13-,15+/m0/s1. The Labute approximate surface area is 126 Å². The minimum Gasteiger partial charge on any atom is -0.352 e. The second kappa shape index (κ2) is 6.17. The molecule has 0 heterocycles. The van der Waals surface area contributed by atoms with Crippen molar-refractivity contribution in [2.24, 2.45) is 23.7 Å². The topological polar surface area (TPSA) is 70.0 Å². The number of amides is 1. The molecule has 21 heavy (non-hydrogen) atoms. The molecular weight excluding hydrogens is 264 g/mol. The van der Waals surface area contributed by atoms with Gasteiger partial charge in [0.15, 0.2) is 11.7 Å². The van der Waals surface area contributed by atoms with E-state index in [0.717, 1.165) is 38.0 Å². The summed E-state index contributed by atoms with van der Waals surface area (Å²) in [7, 11) is 0. The summed E-state index contributed by atoms with van der Waals surface area (Å²) in [5, 5.41) is 12.1. The third-order valence-corrected chi connectivity index (χ3v) is 5.76. The Bertz CT molecular complexity index is 462. The molecule has 4 atom stereocenters. The fraction of sp³-hybridized carbons (Fsp3) is 0.824. The molecule has 3 saturated carbocycles. The molecule has 0 aromatic rings. The molecule has 0 aromatic heterocycles. The highest BCUT2D eigenvalue weighted by Gasteiger charge is 2.41. The van der Waals surface area contributed by atoms with Gasteiger partial charge in [0.25, 0.3) is 0 Å². The molecule has 3 aliphatic rings. The predicted molar refractivity (Wildman–Crippen MR) is 78.1 cm³/mol. The zero-order valence-electron chi connectivity index (χ0n) is 12.5. The lowest BCUT2D eigenvalue weighted by Crippen LogP contribution is -2.40. The van der Waals surface area contributed by atoms with E-state index in [4.69, 9.17) is 0 Å². The molecule has 3 fully saturated rings. The minimum absolute atomic E-state index is 0.162. The van der Waals surface area contributed by atoms with E-state index >= 15 is 0 Å². The lowest BCUT2D eigenvalue weighted by molar-refractivity contribution is -0.132. The van der Waals surface area contributed by atoms with Crippen molar-refractivity contribution in [3.8, 4) is 6.07 Å². The zero-order valence-corrected chi connectivity index (χ0v) is 12.5. The van der Waals surface area contributed by atoms with Crippen LogP contribution in [-0.2, 0) is 9.59 Å². The van der Waals surface area contributed by atoms with E-state index in [9.17, 15) is 14.9 Å². The minimum atomic E-state index is -1.09. The van der Waals surface area contributed by atoms with Crippen molar-refractivity contribution in [3.63, 3.8) is 0 Å². The normalized spacial score (nSPS) is 32.8. The molecule has 4 heteroatoms. The number of fused-ring (bicyclic) bond motifs is 2. The number of nitrogens with zero attached hydrogens (tertiary/aromatic N) is 1. The van der Waals surface area contributed by atoms with Gasteiger partial charge in [0.1, 0.15) is 0 Å². The van der Waals surface area contributed by atoms with Gasteiger partial charge in [-0.1, -0.05) is 19.3 Å². The van der Waals surface area contributed by atoms with Crippen molar-refractivity contribution < 1.29 is 9.59 Å². The van der Waals surface area contributed by atoms with Gasteiger partial charge in [-0.3, -0.25) is 9.59 Å². The van der Waals surface area contributed by atoms with Crippen LogP contribution in [0.15, 0.2) is 0 Å². The second-order valence-electron chi connectivity index (χ2n) is 7.16. The van der Waals surface area contributed by atoms with Crippen LogP contribution < -0.4 is 5.32 Å². The lowest BCUT2D eigenvalue weighted by Gasteiger charge is -2.22. The molecule has 114 valence electrons. The fourth-order valence-electron chi connectivity index (χ4n) is 4.63. The molecule has 3 rings (SSSR count). The van der Waals surface area contributed by atoms with Gasteiger partial charge in [0, 0.05) is 12.5 Å². The third kappa shape index (κ3) is 3.12. The van der Waals surface area contributed by atoms with E-state index in [1.807, 2.05) is 6.07 Å².